The molecule has 1 N–H and O–H groups in total. The number of methoxy groups -OCH3 is 1. The normalized spacial score (nSPS) is 20.6. The van der Waals surface area contributed by atoms with Crippen molar-refractivity contribution in [2.45, 2.75) is 38.4 Å². The van der Waals surface area contributed by atoms with Gasteiger partial charge in [-0.1, -0.05) is 18.2 Å². The minimum atomic E-state index is -3.32. The molecule has 0 saturated carbocycles. The lowest BCUT2D eigenvalue weighted by Crippen LogP contribution is -2.39. The molecule has 0 amide bonds. The SMILES string of the molecule is COc1ccccc1CN1CCC[C@@H]1c1nc2c(c(=O)[nH]1)CCN(S(C)(=O)=O)C2. The fourth-order valence-electron chi connectivity index (χ4n) is 4.25. The summed E-state index contributed by atoms with van der Waals surface area (Å²) in [6.45, 7) is 2.08. The second-order valence-electron chi connectivity index (χ2n) is 7.66. The summed E-state index contributed by atoms with van der Waals surface area (Å²) in [7, 11) is -1.65. The molecule has 1 aromatic heterocycles. The first-order valence-electron chi connectivity index (χ1n) is 9.80. The first-order valence-corrected chi connectivity index (χ1v) is 11.6. The Hall–Kier alpha value is -2.23. The van der Waals surface area contributed by atoms with Crippen molar-refractivity contribution in [1.82, 2.24) is 19.2 Å². The van der Waals surface area contributed by atoms with E-state index in [1.165, 1.54) is 10.6 Å². The summed E-state index contributed by atoms with van der Waals surface area (Å²) in [5, 5.41) is 0. The van der Waals surface area contributed by atoms with E-state index >= 15 is 0 Å². The molecule has 0 aliphatic carbocycles. The average molecular weight is 419 g/mol. The number of aromatic nitrogens is 2. The van der Waals surface area contributed by atoms with Gasteiger partial charge in [0.2, 0.25) is 10.0 Å². The van der Waals surface area contributed by atoms with Crippen LogP contribution in [0.1, 0.15) is 41.5 Å². The lowest BCUT2D eigenvalue weighted by Gasteiger charge is -2.28. The monoisotopic (exact) mass is 418 g/mol. The molecule has 0 spiro atoms. The molecule has 1 fully saturated rings. The Morgan fingerprint density at radius 3 is 2.83 bits per heavy atom. The number of hydrogen-bond donors (Lipinski definition) is 1. The number of H-pyrrole nitrogens is 1. The molecule has 1 saturated heterocycles. The van der Waals surface area contributed by atoms with Gasteiger partial charge in [0, 0.05) is 24.2 Å². The summed E-state index contributed by atoms with van der Waals surface area (Å²) in [5.74, 6) is 1.46. The van der Waals surface area contributed by atoms with Gasteiger partial charge in [0.05, 0.1) is 31.6 Å². The number of aromatic amines is 1. The molecule has 2 aliphatic rings. The van der Waals surface area contributed by atoms with Crippen LogP contribution in [0.5, 0.6) is 5.75 Å². The predicted octanol–water partition coefficient (Wildman–Crippen LogP) is 1.43. The van der Waals surface area contributed by atoms with Crippen LogP contribution in [-0.2, 0) is 29.5 Å². The minimum absolute atomic E-state index is 0.00785. The van der Waals surface area contributed by atoms with Crippen molar-refractivity contribution in [2.75, 3.05) is 26.5 Å². The quantitative estimate of drug-likeness (QED) is 0.789. The van der Waals surface area contributed by atoms with Gasteiger partial charge in [0.1, 0.15) is 11.6 Å². The summed E-state index contributed by atoms with van der Waals surface area (Å²) >= 11 is 0. The van der Waals surface area contributed by atoms with Gasteiger partial charge in [-0.15, -0.1) is 0 Å². The van der Waals surface area contributed by atoms with Gasteiger partial charge in [0.25, 0.3) is 5.56 Å². The maximum absolute atomic E-state index is 12.7. The van der Waals surface area contributed by atoms with Crippen LogP contribution in [0.25, 0.3) is 0 Å². The summed E-state index contributed by atoms with van der Waals surface area (Å²) in [4.78, 5) is 22.6. The Bertz CT molecular complexity index is 1070. The van der Waals surface area contributed by atoms with E-state index in [1.54, 1.807) is 7.11 Å². The number of fused-ring (bicyclic) bond motifs is 1. The van der Waals surface area contributed by atoms with E-state index in [2.05, 4.69) is 9.88 Å². The molecule has 1 atom stereocenters. The molecule has 2 aromatic rings. The van der Waals surface area contributed by atoms with Gasteiger partial charge in [-0.25, -0.2) is 13.4 Å². The molecular formula is C20H26N4O4S. The number of nitrogens with one attached hydrogen (secondary N) is 1. The van der Waals surface area contributed by atoms with Gasteiger partial charge in [-0.3, -0.25) is 9.69 Å². The number of benzene rings is 1. The van der Waals surface area contributed by atoms with Gasteiger partial charge in [-0.2, -0.15) is 4.31 Å². The highest BCUT2D eigenvalue weighted by atomic mass is 32.2. The number of hydrogen-bond acceptors (Lipinski definition) is 6. The second kappa shape index (κ2) is 7.89. The standard InChI is InChI=1S/C20H26N4O4S/c1-28-18-8-4-3-6-14(18)12-23-10-5-7-17(23)19-21-16-13-24(29(2,26)27)11-9-15(16)20(25)22-19/h3-4,6,8,17H,5,7,9-13H2,1-2H3,(H,21,22,25)/t17-/m1/s1. The second-order valence-corrected chi connectivity index (χ2v) is 9.65. The zero-order chi connectivity index (χ0) is 20.6. The topological polar surface area (TPSA) is 95.6 Å². The van der Waals surface area contributed by atoms with Gasteiger partial charge in [0.15, 0.2) is 0 Å². The smallest absolute Gasteiger partial charge is 0.254 e. The largest absolute Gasteiger partial charge is 0.496 e. The van der Waals surface area contributed by atoms with Crippen LogP contribution in [-0.4, -0.2) is 54.0 Å². The highest BCUT2D eigenvalue weighted by Gasteiger charge is 2.31. The van der Waals surface area contributed by atoms with Crippen LogP contribution in [0.4, 0.5) is 0 Å². The number of rotatable bonds is 5. The van der Waals surface area contributed by atoms with E-state index in [0.717, 1.165) is 30.7 Å². The van der Waals surface area contributed by atoms with Crippen LogP contribution >= 0.6 is 0 Å². The third-order valence-electron chi connectivity index (χ3n) is 5.77. The molecule has 0 bridgehead atoms. The summed E-state index contributed by atoms with van der Waals surface area (Å²) < 4.78 is 30.7. The van der Waals surface area contributed by atoms with Crippen molar-refractivity contribution < 1.29 is 13.2 Å². The Kier molecular flexibility index (Phi) is 5.46. The fourth-order valence-corrected chi connectivity index (χ4v) is 5.03. The highest BCUT2D eigenvalue weighted by Crippen LogP contribution is 2.33. The highest BCUT2D eigenvalue weighted by molar-refractivity contribution is 7.88. The van der Waals surface area contributed by atoms with Crippen molar-refractivity contribution >= 4 is 10.0 Å². The van der Waals surface area contributed by atoms with Crippen LogP contribution < -0.4 is 10.3 Å². The first kappa shape index (κ1) is 20.1. The zero-order valence-corrected chi connectivity index (χ0v) is 17.5. The van der Waals surface area contributed by atoms with Crippen LogP contribution in [0.15, 0.2) is 29.1 Å². The summed E-state index contributed by atoms with van der Waals surface area (Å²) in [6, 6.07) is 7.91. The lowest BCUT2D eigenvalue weighted by atomic mass is 10.1. The number of sulfonamides is 1. The van der Waals surface area contributed by atoms with Crippen molar-refractivity contribution in [1.29, 1.82) is 0 Å². The lowest BCUT2D eigenvalue weighted by molar-refractivity contribution is 0.234. The number of para-hydroxylation sites is 1. The van der Waals surface area contributed by atoms with Crippen LogP contribution in [0.3, 0.4) is 0 Å². The molecule has 8 nitrogen and oxygen atoms in total. The fraction of sp³-hybridized carbons (Fsp3) is 0.500. The first-order chi connectivity index (χ1) is 13.9. The van der Waals surface area contributed by atoms with Crippen molar-refractivity contribution in [2.24, 2.45) is 0 Å². The molecule has 29 heavy (non-hydrogen) atoms. The molecule has 9 heteroatoms. The molecule has 0 radical (unpaired) electrons. The zero-order valence-electron chi connectivity index (χ0n) is 16.7. The molecule has 156 valence electrons. The number of ether oxygens (including phenoxy) is 1. The van der Waals surface area contributed by atoms with Gasteiger partial charge < -0.3 is 9.72 Å². The van der Waals surface area contributed by atoms with E-state index in [9.17, 15) is 13.2 Å². The number of nitrogens with zero attached hydrogens (tertiary/aromatic N) is 3. The maximum atomic E-state index is 12.7. The average Bonchev–Trinajstić information content (AvgIpc) is 3.15. The molecule has 3 heterocycles. The van der Waals surface area contributed by atoms with Gasteiger partial charge >= 0.3 is 0 Å². The van der Waals surface area contributed by atoms with Crippen LogP contribution in [0, 0.1) is 0 Å². The maximum Gasteiger partial charge on any atom is 0.254 e. The number of likely N-dealkylation sites (tertiary alicyclic amines) is 1. The molecule has 0 unspecified atom stereocenters. The van der Waals surface area contributed by atoms with E-state index in [1.807, 2.05) is 24.3 Å². The van der Waals surface area contributed by atoms with Crippen LogP contribution in [0.2, 0.25) is 0 Å². The third-order valence-corrected chi connectivity index (χ3v) is 7.02. The summed E-state index contributed by atoms with van der Waals surface area (Å²) in [5.41, 5.74) is 2.11. The Morgan fingerprint density at radius 1 is 1.28 bits per heavy atom. The van der Waals surface area contributed by atoms with Gasteiger partial charge in [-0.05, 0) is 31.9 Å². The molecular weight excluding hydrogens is 392 g/mol. The third kappa shape index (κ3) is 4.08. The van der Waals surface area contributed by atoms with E-state index in [-0.39, 0.29) is 18.1 Å². The van der Waals surface area contributed by atoms with Crippen molar-refractivity contribution in [3.05, 3.63) is 57.3 Å². The Balaban J connectivity index is 1.62. The molecule has 1 aromatic carbocycles. The van der Waals surface area contributed by atoms with E-state index in [4.69, 9.17) is 9.72 Å². The van der Waals surface area contributed by atoms with Crippen molar-refractivity contribution in [3.8, 4) is 5.75 Å². The minimum Gasteiger partial charge on any atom is -0.496 e. The van der Waals surface area contributed by atoms with E-state index < -0.39 is 10.0 Å². The Morgan fingerprint density at radius 2 is 2.07 bits per heavy atom. The molecule has 4 rings (SSSR count). The van der Waals surface area contributed by atoms with E-state index in [0.29, 0.717) is 36.6 Å². The summed E-state index contributed by atoms with van der Waals surface area (Å²) in [6.07, 6.45) is 3.49. The van der Waals surface area contributed by atoms with Crippen molar-refractivity contribution in [3.63, 3.8) is 0 Å². The Labute approximate surface area is 170 Å². The molecule has 2 aliphatic heterocycles. The predicted molar refractivity (Wildman–Crippen MR) is 109 cm³/mol.